The summed E-state index contributed by atoms with van der Waals surface area (Å²) in [5.41, 5.74) is 0. The molecule has 0 aliphatic carbocycles. The lowest BCUT2D eigenvalue weighted by Crippen LogP contribution is -2.46. The van der Waals surface area contributed by atoms with Crippen molar-refractivity contribution in [2.45, 2.75) is 51.7 Å². The number of rotatable bonds is 5. The maximum atomic E-state index is 13.0. The highest BCUT2D eigenvalue weighted by Gasteiger charge is 2.46. The molecule has 25 heavy (non-hydrogen) atoms. The van der Waals surface area contributed by atoms with Crippen molar-refractivity contribution in [2.75, 3.05) is 26.7 Å². The van der Waals surface area contributed by atoms with Gasteiger partial charge in [-0.25, -0.2) is 4.98 Å². The Balaban J connectivity index is 1.78. The summed E-state index contributed by atoms with van der Waals surface area (Å²) in [5, 5.41) is 3.19. The maximum Gasteiger partial charge on any atom is 0.226 e. The van der Waals surface area contributed by atoms with E-state index in [0.29, 0.717) is 6.54 Å². The van der Waals surface area contributed by atoms with Crippen LogP contribution in [0.25, 0.3) is 0 Å². The standard InChI is InChI=1S/C18H29N5O2/c1-4-22-11-8-19-17(22)16-14(12-15(24)23(16)5-2)18(25)20-13-6-9-21(3)10-7-13/h8,11,13-14,16H,4-7,9-10,12H2,1-3H3,(H,20,25)/t14-,16-/m0/s1. The molecule has 2 amide bonds. The zero-order chi connectivity index (χ0) is 18.0. The van der Waals surface area contributed by atoms with Crippen LogP contribution < -0.4 is 5.32 Å². The van der Waals surface area contributed by atoms with E-state index < -0.39 is 0 Å². The lowest BCUT2D eigenvalue weighted by Gasteiger charge is -2.31. The summed E-state index contributed by atoms with van der Waals surface area (Å²) in [6, 6.07) is -0.0558. The fourth-order valence-electron chi connectivity index (χ4n) is 4.03. The Labute approximate surface area is 149 Å². The number of amides is 2. The van der Waals surface area contributed by atoms with Crippen molar-refractivity contribution in [1.82, 2.24) is 24.7 Å². The van der Waals surface area contributed by atoms with Gasteiger partial charge < -0.3 is 19.7 Å². The average Bonchev–Trinajstić information content (AvgIpc) is 3.19. The van der Waals surface area contributed by atoms with Gasteiger partial charge in [0, 0.05) is 37.9 Å². The molecule has 0 aromatic carbocycles. The van der Waals surface area contributed by atoms with Crippen molar-refractivity contribution >= 4 is 11.8 Å². The van der Waals surface area contributed by atoms with Gasteiger partial charge in [0.2, 0.25) is 11.8 Å². The molecule has 138 valence electrons. The molecule has 7 nitrogen and oxygen atoms in total. The van der Waals surface area contributed by atoms with Gasteiger partial charge in [0.1, 0.15) is 11.9 Å². The summed E-state index contributed by atoms with van der Waals surface area (Å²) in [7, 11) is 2.10. The number of aryl methyl sites for hydroxylation is 1. The number of carbonyl (C=O) groups is 2. The third kappa shape index (κ3) is 3.56. The van der Waals surface area contributed by atoms with Crippen molar-refractivity contribution in [1.29, 1.82) is 0 Å². The minimum atomic E-state index is -0.361. The molecule has 0 bridgehead atoms. The van der Waals surface area contributed by atoms with E-state index in [1.165, 1.54) is 0 Å². The average molecular weight is 347 g/mol. The topological polar surface area (TPSA) is 70.5 Å². The van der Waals surface area contributed by atoms with Crippen molar-refractivity contribution in [3.05, 3.63) is 18.2 Å². The lowest BCUT2D eigenvalue weighted by molar-refractivity contribution is -0.129. The van der Waals surface area contributed by atoms with E-state index in [2.05, 4.69) is 22.2 Å². The molecule has 0 unspecified atom stereocenters. The number of carbonyl (C=O) groups excluding carboxylic acids is 2. The minimum absolute atomic E-state index is 0.00509. The van der Waals surface area contributed by atoms with Crippen LogP contribution in [0.4, 0.5) is 0 Å². The van der Waals surface area contributed by atoms with E-state index in [9.17, 15) is 9.59 Å². The highest BCUT2D eigenvalue weighted by Crippen LogP contribution is 2.37. The number of likely N-dealkylation sites (tertiary alicyclic amines) is 2. The number of hydrogen-bond donors (Lipinski definition) is 1. The second-order valence-electron chi connectivity index (χ2n) is 7.09. The molecule has 2 saturated heterocycles. The minimum Gasteiger partial charge on any atom is -0.353 e. The fraction of sp³-hybridized carbons (Fsp3) is 0.722. The van der Waals surface area contributed by atoms with Gasteiger partial charge in [0.25, 0.3) is 0 Å². The third-order valence-corrected chi connectivity index (χ3v) is 5.53. The number of hydrogen-bond acceptors (Lipinski definition) is 4. The Hall–Kier alpha value is -1.89. The predicted octanol–water partition coefficient (Wildman–Crippen LogP) is 1.02. The monoisotopic (exact) mass is 347 g/mol. The second-order valence-corrected chi connectivity index (χ2v) is 7.09. The van der Waals surface area contributed by atoms with Crippen LogP contribution in [0.2, 0.25) is 0 Å². The van der Waals surface area contributed by atoms with E-state index in [1.807, 2.05) is 24.6 Å². The molecule has 0 saturated carbocycles. The Morgan fingerprint density at radius 2 is 2.00 bits per heavy atom. The largest absolute Gasteiger partial charge is 0.353 e. The summed E-state index contributed by atoms with van der Waals surface area (Å²) in [5.74, 6) is 0.495. The zero-order valence-corrected chi connectivity index (χ0v) is 15.4. The van der Waals surface area contributed by atoms with Crippen molar-refractivity contribution in [3.8, 4) is 0 Å². The highest BCUT2D eigenvalue weighted by molar-refractivity contribution is 5.90. The molecule has 0 radical (unpaired) electrons. The molecule has 2 atom stereocenters. The highest BCUT2D eigenvalue weighted by atomic mass is 16.2. The van der Waals surface area contributed by atoms with Crippen LogP contribution in [0.5, 0.6) is 0 Å². The number of piperidine rings is 1. The summed E-state index contributed by atoms with van der Waals surface area (Å²) in [4.78, 5) is 34.0. The zero-order valence-electron chi connectivity index (χ0n) is 15.4. The van der Waals surface area contributed by atoms with Gasteiger partial charge in [-0.05, 0) is 46.8 Å². The van der Waals surface area contributed by atoms with Crippen LogP contribution >= 0.6 is 0 Å². The van der Waals surface area contributed by atoms with Gasteiger partial charge in [0.15, 0.2) is 0 Å². The van der Waals surface area contributed by atoms with E-state index >= 15 is 0 Å². The van der Waals surface area contributed by atoms with Gasteiger partial charge in [-0.1, -0.05) is 0 Å². The van der Waals surface area contributed by atoms with Gasteiger partial charge in [-0.15, -0.1) is 0 Å². The van der Waals surface area contributed by atoms with Crippen LogP contribution in [0.3, 0.4) is 0 Å². The molecule has 2 fully saturated rings. The number of imidazole rings is 1. The first kappa shape index (κ1) is 17.9. The van der Waals surface area contributed by atoms with Gasteiger partial charge in [-0.2, -0.15) is 0 Å². The van der Waals surface area contributed by atoms with Gasteiger partial charge in [-0.3, -0.25) is 9.59 Å². The molecule has 0 spiro atoms. The first-order valence-electron chi connectivity index (χ1n) is 9.34. The SMILES string of the molecule is CCN1C(=O)C[C@H](C(=O)NC2CCN(C)CC2)[C@H]1c1nccn1CC. The maximum absolute atomic E-state index is 13.0. The molecular formula is C18H29N5O2. The van der Waals surface area contributed by atoms with Crippen LogP contribution in [0, 0.1) is 5.92 Å². The van der Waals surface area contributed by atoms with Crippen molar-refractivity contribution in [2.24, 2.45) is 5.92 Å². The Kier molecular flexibility index (Phi) is 5.42. The summed E-state index contributed by atoms with van der Waals surface area (Å²) >= 11 is 0. The second kappa shape index (κ2) is 7.56. The summed E-state index contributed by atoms with van der Waals surface area (Å²) in [6.45, 7) is 7.38. The number of nitrogens with one attached hydrogen (secondary N) is 1. The van der Waals surface area contributed by atoms with E-state index in [0.717, 1.165) is 38.3 Å². The van der Waals surface area contributed by atoms with Crippen LogP contribution in [-0.4, -0.2) is 63.9 Å². The van der Waals surface area contributed by atoms with Gasteiger partial charge >= 0.3 is 0 Å². The Morgan fingerprint density at radius 3 is 2.64 bits per heavy atom. The van der Waals surface area contributed by atoms with E-state index in [4.69, 9.17) is 0 Å². The Morgan fingerprint density at radius 1 is 1.28 bits per heavy atom. The first-order valence-corrected chi connectivity index (χ1v) is 9.34. The smallest absolute Gasteiger partial charge is 0.226 e. The van der Waals surface area contributed by atoms with E-state index in [1.54, 1.807) is 11.1 Å². The molecule has 7 heteroatoms. The molecule has 1 aromatic heterocycles. The molecule has 2 aliphatic rings. The third-order valence-electron chi connectivity index (χ3n) is 5.53. The molecule has 3 rings (SSSR count). The first-order chi connectivity index (χ1) is 12.0. The predicted molar refractivity (Wildman–Crippen MR) is 94.8 cm³/mol. The summed E-state index contributed by atoms with van der Waals surface area (Å²) < 4.78 is 2.03. The molecule has 3 heterocycles. The summed E-state index contributed by atoms with van der Waals surface area (Å²) in [6.07, 6.45) is 5.87. The van der Waals surface area contributed by atoms with Crippen molar-refractivity contribution in [3.63, 3.8) is 0 Å². The molecule has 1 aromatic rings. The quantitative estimate of drug-likeness (QED) is 0.863. The van der Waals surface area contributed by atoms with Gasteiger partial charge in [0.05, 0.1) is 5.92 Å². The normalized spacial score (nSPS) is 25.6. The fourth-order valence-corrected chi connectivity index (χ4v) is 4.03. The molecular weight excluding hydrogens is 318 g/mol. The lowest BCUT2D eigenvalue weighted by atomic mass is 9.96. The number of nitrogens with zero attached hydrogens (tertiary/aromatic N) is 4. The Bertz CT molecular complexity index is 621. The van der Waals surface area contributed by atoms with Crippen LogP contribution in [0.15, 0.2) is 12.4 Å². The van der Waals surface area contributed by atoms with Crippen LogP contribution in [0.1, 0.15) is 45.0 Å². The molecule has 1 N–H and O–H groups in total. The van der Waals surface area contributed by atoms with E-state index in [-0.39, 0.29) is 36.2 Å². The van der Waals surface area contributed by atoms with Crippen molar-refractivity contribution < 1.29 is 9.59 Å². The molecule has 2 aliphatic heterocycles. The van der Waals surface area contributed by atoms with Crippen LogP contribution in [-0.2, 0) is 16.1 Å². The number of aromatic nitrogens is 2.